The van der Waals surface area contributed by atoms with E-state index in [1.165, 1.54) is 0 Å². The summed E-state index contributed by atoms with van der Waals surface area (Å²) in [4.78, 5) is 12.1. The summed E-state index contributed by atoms with van der Waals surface area (Å²) in [6, 6.07) is 0.216. The van der Waals surface area contributed by atoms with Gasteiger partial charge in [0.1, 0.15) is 0 Å². The Morgan fingerprint density at radius 3 is 2.58 bits per heavy atom. The summed E-state index contributed by atoms with van der Waals surface area (Å²) in [5.74, 6) is 5.88. The molecule has 0 radical (unpaired) electrons. The molecule has 9 nitrogen and oxygen atoms in total. The topological polar surface area (TPSA) is 116 Å². The third-order valence-electron chi connectivity index (χ3n) is 1.98. The second-order valence-corrected chi connectivity index (χ2v) is 3.37. The molecule has 1 aromatic heterocycles. The molecule has 9 heteroatoms. The highest BCUT2D eigenvalue weighted by molar-refractivity contribution is 5.34. The van der Waals surface area contributed by atoms with Gasteiger partial charge in [-0.2, -0.15) is 15.0 Å². The summed E-state index contributed by atoms with van der Waals surface area (Å²) < 4.78 is 15.4. The van der Waals surface area contributed by atoms with Crippen molar-refractivity contribution in [1.29, 1.82) is 0 Å². The molecular formula is C10H20N6O3. The molecule has 0 aliphatic heterocycles. The van der Waals surface area contributed by atoms with Crippen molar-refractivity contribution in [1.82, 2.24) is 15.0 Å². The second kappa shape index (κ2) is 9.25. The van der Waals surface area contributed by atoms with Crippen molar-refractivity contribution in [2.45, 2.75) is 6.92 Å². The van der Waals surface area contributed by atoms with Crippen LogP contribution in [0.1, 0.15) is 6.92 Å². The standard InChI is InChI=1S/C10H20N6O3/c1-3-19-10-14-8(13-9(15-10)16-11)12-4-5-18-7-6-17-2/h3-7,11H2,1-2H3,(H2,12,13,14,15,16). The van der Waals surface area contributed by atoms with E-state index in [0.717, 1.165) is 0 Å². The van der Waals surface area contributed by atoms with E-state index in [1.807, 2.05) is 6.92 Å². The van der Waals surface area contributed by atoms with Crippen LogP contribution in [-0.2, 0) is 9.47 Å². The lowest BCUT2D eigenvalue weighted by molar-refractivity contribution is 0.0758. The molecule has 0 atom stereocenters. The summed E-state index contributed by atoms with van der Waals surface area (Å²) in [6.07, 6.45) is 0. The second-order valence-electron chi connectivity index (χ2n) is 3.37. The van der Waals surface area contributed by atoms with Gasteiger partial charge >= 0.3 is 6.01 Å². The molecule has 1 aromatic rings. The highest BCUT2D eigenvalue weighted by Gasteiger charge is 2.05. The van der Waals surface area contributed by atoms with Crippen LogP contribution >= 0.6 is 0 Å². The van der Waals surface area contributed by atoms with Crippen molar-refractivity contribution in [2.75, 3.05) is 50.8 Å². The van der Waals surface area contributed by atoms with Crippen LogP contribution in [0.5, 0.6) is 6.01 Å². The van der Waals surface area contributed by atoms with Crippen LogP contribution in [0.3, 0.4) is 0 Å². The third kappa shape index (κ3) is 6.13. The smallest absolute Gasteiger partial charge is 0.323 e. The summed E-state index contributed by atoms with van der Waals surface area (Å²) in [5.41, 5.74) is 2.35. The van der Waals surface area contributed by atoms with Crippen molar-refractivity contribution in [2.24, 2.45) is 5.84 Å². The number of hydrogen-bond donors (Lipinski definition) is 3. The molecule has 0 aliphatic carbocycles. The Morgan fingerprint density at radius 2 is 1.89 bits per heavy atom. The van der Waals surface area contributed by atoms with Gasteiger partial charge in [-0.05, 0) is 6.92 Å². The Labute approximate surface area is 111 Å². The predicted molar refractivity (Wildman–Crippen MR) is 70.0 cm³/mol. The maximum Gasteiger partial charge on any atom is 0.323 e. The van der Waals surface area contributed by atoms with E-state index >= 15 is 0 Å². The normalized spacial score (nSPS) is 10.3. The first-order valence-corrected chi connectivity index (χ1v) is 5.96. The fourth-order valence-corrected chi connectivity index (χ4v) is 1.17. The van der Waals surface area contributed by atoms with Gasteiger partial charge < -0.3 is 19.5 Å². The lowest BCUT2D eigenvalue weighted by atomic mass is 10.6. The van der Waals surface area contributed by atoms with Crippen molar-refractivity contribution in [3.63, 3.8) is 0 Å². The van der Waals surface area contributed by atoms with E-state index in [0.29, 0.717) is 38.9 Å². The van der Waals surface area contributed by atoms with Gasteiger partial charge in [0.05, 0.1) is 26.4 Å². The number of hydrazine groups is 1. The van der Waals surface area contributed by atoms with Gasteiger partial charge in [0, 0.05) is 13.7 Å². The molecule has 0 aromatic carbocycles. The average Bonchev–Trinajstić information content (AvgIpc) is 2.43. The Bertz CT molecular complexity index is 365. The molecule has 1 rings (SSSR count). The van der Waals surface area contributed by atoms with E-state index < -0.39 is 0 Å². The maximum absolute atomic E-state index is 5.30. The largest absolute Gasteiger partial charge is 0.464 e. The first-order valence-electron chi connectivity index (χ1n) is 5.96. The number of ether oxygens (including phenoxy) is 3. The van der Waals surface area contributed by atoms with Gasteiger partial charge in [0.15, 0.2) is 0 Å². The van der Waals surface area contributed by atoms with Crippen molar-refractivity contribution in [3.05, 3.63) is 0 Å². The lowest BCUT2D eigenvalue weighted by Gasteiger charge is -2.08. The van der Waals surface area contributed by atoms with Crippen LogP contribution < -0.4 is 21.3 Å². The number of hydrogen-bond acceptors (Lipinski definition) is 9. The van der Waals surface area contributed by atoms with Gasteiger partial charge in [0.25, 0.3) is 0 Å². The maximum atomic E-state index is 5.30. The quantitative estimate of drug-likeness (QED) is 0.298. The zero-order chi connectivity index (χ0) is 13.9. The number of methoxy groups -OCH3 is 1. The number of nitrogens with two attached hydrogens (primary N) is 1. The summed E-state index contributed by atoms with van der Waals surface area (Å²) >= 11 is 0. The van der Waals surface area contributed by atoms with E-state index in [4.69, 9.17) is 20.1 Å². The van der Waals surface area contributed by atoms with Gasteiger partial charge in [-0.25, -0.2) is 5.84 Å². The monoisotopic (exact) mass is 272 g/mol. The highest BCUT2D eigenvalue weighted by atomic mass is 16.5. The zero-order valence-corrected chi connectivity index (χ0v) is 11.2. The fraction of sp³-hybridized carbons (Fsp3) is 0.700. The molecule has 0 unspecified atom stereocenters. The fourth-order valence-electron chi connectivity index (χ4n) is 1.17. The SMILES string of the molecule is CCOc1nc(NN)nc(NCCOCCOC)n1. The van der Waals surface area contributed by atoms with Crippen LogP contribution in [0.15, 0.2) is 0 Å². The molecule has 0 spiro atoms. The van der Waals surface area contributed by atoms with Gasteiger partial charge in [0.2, 0.25) is 11.9 Å². The molecule has 108 valence electrons. The number of aromatic nitrogens is 3. The third-order valence-corrected chi connectivity index (χ3v) is 1.98. The molecule has 0 bridgehead atoms. The molecule has 0 fully saturated rings. The molecule has 0 saturated carbocycles. The van der Waals surface area contributed by atoms with E-state index in [9.17, 15) is 0 Å². The van der Waals surface area contributed by atoms with Crippen molar-refractivity contribution < 1.29 is 14.2 Å². The Balaban J connectivity index is 2.41. The van der Waals surface area contributed by atoms with Crippen LogP contribution in [0, 0.1) is 0 Å². The highest BCUT2D eigenvalue weighted by Crippen LogP contribution is 2.09. The van der Waals surface area contributed by atoms with Crippen LogP contribution in [-0.4, -0.2) is 55.0 Å². The van der Waals surface area contributed by atoms with Crippen molar-refractivity contribution in [3.8, 4) is 6.01 Å². The van der Waals surface area contributed by atoms with Crippen LogP contribution in [0.4, 0.5) is 11.9 Å². The summed E-state index contributed by atoms with van der Waals surface area (Å²) in [6.45, 7) is 4.51. The van der Waals surface area contributed by atoms with Gasteiger partial charge in [-0.15, -0.1) is 0 Å². The van der Waals surface area contributed by atoms with E-state index in [2.05, 4.69) is 25.7 Å². The molecule has 4 N–H and O–H groups in total. The molecular weight excluding hydrogens is 252 g/mol. The minimum atomic E-state index is 0.216. The lowest BCUT2D eigenvalue weighted by Crippen LogP contribution is -2.17. The zero-order valence-electron chi connectivity index (χ0n) is 11.2. The number of nitrogens with one attached hydrogen (secondary N) is 2. The molecule has 1 heterocycles. The number of nitrogen functional groups attached to an aromatic ring is 1. The number of anilines is 2. The van der Waals surface area contributed by atoms with Gasteiger partial charge in [-0.3, -0.25) is 5.43 Å². The Morgan fingerprint density at radius 1 is 1.11 bits per heavy atom. The Kier molecular flexibility index (Phi) is 7.47. The summed E-state index contributed by atoms with van der Waals surface area (Å²) in [5, 5.41) is 2.99. The van der Waals surface area contributed by atoms with Gasteiger partial charge in [-0.1, -0.05) is 0 Å². The average molecular weight is 272 g/mol. The number of nitrogens with zero attached hydrogens (tertiary/aromatic N) is 3. The minimum absolute atomic E-state index is 0.216. The molecule has 0 amide bonds. The summed E-state index contributed by atoms with van der Waals surface area (Å²) in [7, 11) is 1.63. The first-order chi connectivity index (χ1) is 9.30. The van der Waals surface area contributed by atoms with Crippen LogP contribution in [0.25, 0.3) is 0 Å². The van der Waals surface area contributed by atoms with Crippen LogP contribution in [0.2, 0.25) is 0 Å². The predicted octanol–water partition coefficient (Wildman–Crippen LogP) is -0.369. The molecule has 0 aliphatic rings. The minimum Gasteiger partial charge on any atom is -0.464 e. The molecule has 0 saturated heterocycles. The van der Waals surface area contributed by atoms with E-state index in [1.54, 1.807) is 7.11 Å². The van der Waals surface area contributed by atoms with Crippen molar-refractivity contribution >= 4 is 11.9 Å². The molecule has 19 heavy (non-hydrogen) atoms. The Hall–Kier alpha value is -1.71. The van der Waals surface area contributed by atoms with E-state index in [-0.39, 0.29) is 12.0 Å². The number of rotatable bonds is 10. The first kappa shape index (κ1) is 15.3.